The van der Waals surface area contributed by atoms with Crippen LogP contribution >= 0.6 is 0 Å². The van der Waals surface area contributed by atoms with Crippen molar-refractivity contribution in [3.8, 4) is 0 Å². The highest BCUT2D eigenvalue weighted by Gasteiger charge is 2.35. The first-order chi connectivity index (χ1) is 12.8. The van der Waals surface area contributed by atoms with E-state index in [-0.39, 0.29) is 11.5 Å². The third-order valence-electron chi connectivity index (χ3n) is 4.93. The summed E-state index contributed by atoms with van der Waals surface area (Å²) in [4.78, 5) is 14.0. The van der Waals surface area contributed by atoms with Crippen LogP contribution in [0.1, 0.15) is 40.4 Å². The lowest BCUT2D eigenvalue weighted by molar-refractivity contribution is -0.140. The Morgan fingerprint density at radius 3 is 2.30 bits per heavy atom. The summed E-state index contributed by atoms with van der Waals surface area (Å²) in [6.45, 7) is 0.651. The summed E-state index contributed by atoms with van der Waals surface area (Å²) in [5.41, 5.74) is -0.829. The summed E-state index contributed by atoms with van der Waals surface area (Å²) in [6.07, 6.45) is -4.43. The summed E-state index contributed by atoms with van der Waals surface area (Å²) < 4.78 is 51.9. The number of hydrogen-bond acceptors (Lipinski definition) is 2. The fraction of sp³-hybridized carbons (Fsp3) is 0.350. The summed E-state index contributed by atoms with van der Waals surface area (Å²) in [7, 11) is 0. The molecule has 0 aliphatic carbocycles. The number of nitrogens with zero attached hydrogens (tertiary/aromatic N) is 1. The standard InChI is InChI=1S/C20H19F4NO2/c21-17-7-6-15(12-16(17)20(22,23)24)19(27)25-10-8-14(9-11-25)18(26)13-4-2-1-3-5-13/h1-7,12,14,18,26H,8-11H2/t18-/m0/s1. The molecular formula is C20H19F4NO2. The number of rotatable bonds is 3. The molecule has 2 aromatic carbocycles. The monoisotopic (exact) mass is 381 g/mol. The Balaban J connectivity index is 1.67. The van der Waals surface area contributed by atoms with Gasteiger partial charge in [0, 0.05) is 18.7 Å². The Hall–Kier alpha value is -2.41. The van der Waals surface area contributed by atoms with Crippen molar-refractivity contribution in [2.24, 2.45) is 5.92 Å². The van der Waals surface area contributed by atoms with Gasteiger partial charge in [0.05, 0.1) is 11.7 Å². The molecule has 0 bridgehead atoms. The molecule has 1 aliphatic heterocycles. The zero-order valence-corrected chi connectivity index (χ0v) is 14.4. The number of piperidine rings is 1. The largest absolute Gasteiger partial charge is 0.419 e. The lowest BCUT2D eigenvalue weighted by atomic mass is 9.87. The molecular weight excluding hydrogens is 362 g/mol. The van der Waals surface area contributed by atoms with E-state index < -0.39 is 29.6 Å². The smallest absolute Gasteiger partial charge is 0.388 e. The normalized spacial score (nSPS) is 17.0. The number of aliphatic hydroxyl groups excluding tert-OH is 1. The second-order valence-electron chi connectivity index (χ2n) is 6.68. The Bertz CT molecular complexity index is 799. The second kappa shape index (κ2) is 7.68. The molecule has 0 saturated carbocycles. The van der Waals surface area contributed by atoms with Crippen molar-refractivity contribution < 1.29 is 27.5 Å². The quantitative estimate of drug-likeness (QED) is 0.799. The molecule has 1 saturated heterocycles. The van der Waals surface area contributed by atoms with E-state index in [1.165, 1.54) is 4.90 Å². The van der Waals surface area contributed by atoms with E-state index in [1.807, 2.05) is 30.3 Å². The average Bonchev–Trinajstić information content (AvgIpc) is 2.67. The van der Waals surface area contributed by atoms with Crippen molar-refractivity contribution in [2.45, 2.75) is 25.1 Å². The van der Waals surface area contributed by atoms with Crippen LogP contribution in [-0.4, -0.2) is 29.0 Å². The molecule has 0 spiro atoms. The van der Waals surface area contributed by atoms with Gasteiger partial charge >= 0.3 is 6.18 Å². The molecule has 0 radical (unpaired) electrons. The van der Waals surface area contributed by atoms with Gasteiger partial charge in [0.2, 0.25) is 0 Å². The van der Waals surface area contributed by atoms with Gasteiger partial charge in [-0.1, -0.05) is 30.3 Å². The Morgan fingerprint density at radius 1 is 1.07 bits per heavy atom. The van der Waals surface area contributed by atoms with E-state index in [0.717, 1.165) is 11.6 Å². The van der Waals surface area contributed by atoms with Gasteiger partial charge in [0.25, 0.3) is 5.91 Å². The van der Waals surface area contributed by atoms with Gasteiger partial charge in [-0.2, -0.15) is 13.2 Å². The molecule has 1 fully saturated rings. The number of alkyl halides is 3. The summed E-state index contributed by atoms with van der Waals surface area (Å²) in [5.74, 6) is -1.99. The van der Waals surface area contributed by atoms with Crippen molar-refractivity contribution in [3.63, 3.8) is 0 Å². The van der Waals surface area contributed by atoms with Gasteiger partial charge in [0.15, 0.2) is 0 Å². The molecule has 1 amide bonds. The Morgan fingerprint density at radius 2 is 1.70 bits per heavy atom. The number of halogens is 4. The van der Waals surface area contributed by atoms with E-state index in [1.54, 1.807) is 0 Å². The van der Waals surface area contributed by atoms with Gasteiger partial charge in [-0.05, 0) is 42.5 Å². The number of carbonyl (C=O) groups is 1. The number of benzene rings is 2. The van der Waals surface area contributed by atoms with E-state index in [4.69, 9.17) is 0 Å². The predicted octanol–water partition coefficient (Wildman–Crippen LogP) is 4.43. The van der Waals surface area contributed by atoms with Crippen LogP contribution in [0, 0.1) is 11.7 Å². The molecule has 1 heterocycles. The lowest BCUT2D eigenvalue weighted by Crippen LogP contribution is -2.39. The molecule has 1 atom stereocenters. The van der Waals surface area contributed by atoms with Gasteiger partial charge in [-0.15, -0.1) is 0 Å². The Labute approximate surface area is 154 Å². The summed E-state index contributed by atoms with van der Waals surface area (Å²) in [6, 6.07) is 11.5. The molecule has 3 nitrogen and oxygen atoms in total. The minimum absolute atomic E-state index is 0.0320. The van der Waals surface area contributed by atoms with E-state index in [2.05, 4.69) is 0 Å². The number of carbonyl (C=O) groups excluding carboxylic acids is 1. The van der Waals surface area contributed by atoms with Crippen LogP contribution in [0.4, 0.5) is 17.6 Å². The first-order valence-electron chi connectivity index (χ1n) is 8.66. The maximum Gasteiger partial charge on any atom is 0.419 e. The van der Waals surface area contributed by atoms with Crippen molar-refractivity contribution in [2.75, 3.05) is 13.1 Å². The zero-order chi connectivity index (χ0) is 19.6. The molecule has 27 heavy (non-hydrogen) atoms. The predicted molar refractivity (Wildman–Crippen MR) is 91.4 cm³/mol. The third kappa shape index (κ3) is 4.30. The molecule has 1 aliphatic rings. The van der Waals surface area contributed by atoms with Crippen LogP contribution in [0.2, 0.25) is 0 Å². The maximum atomic E-state index is 13.4. The van der Waals surface area contributed by atoms with E-state index in [9.17, 15) is 27.5 Å². The lowest BCUT2D eigenvalue weighted by Gasteiger charge is -2.34. The number of aliphatic hydroxyl groups is 1. The van der Waals surface area contributed by atoms with Crippen molar-refractivity contribution in [3.05, 3.63) is 71.0 Å². The highest BCUT2D eigenvalue weighted by Crippen LogP contribution is 2.33. The van der Waals surface area contributed by atoms with Gasteiger partial charge in [-0.3, -0.25) is 4.79 Å². The molecule has 1 N–H and O–H groups in total. The zero-order valence-electron chi connectivity index (χ0n) is 14.4. The number of likely N-dealkylation sites (tertiary alicyclic amines) is 1. The molecule has 3 rings (SSSR count). The minimum atomic E-state index is -4.85. The SMILES string of the molecule is O=C(c1ccc(F)c(C(F)(F)F)c1)N1CCC([C@@H](O)c2ccccc2)CC1. The van der Waals surface area contributed by atoms with E-state index in [0.29, 0.717) is 38.1 Å². The molecule has 7 heteroatoms. The summed E-state index contributed by atoms with van der Waals surface area (Å²) in [5, 5.41) is 10.5. The van der Waals surface area contributed by atoms with Crippen LogP contribution in [-0.2, 0) is 6.18 Å². The molecule has 0 aromatic heterocycles. The fourth-order valence-corrected chi connectivity index (χ4v) is 3.40. The third-order valence-corrected chi connectivity index (χ3v) is 4.93. The van der Waals surface area contributed by atoms with Crippen LogP contribution in [0.5, 0.6) is 0 Å². The Kier molecular flexibility index (Phi) is 5.51. The topological polar surface area (TPSA) is 40.5 Å². The van der Waals surface area contributed by atoms with Crippen LogP contribution in [0.15, 0.2) is 48.5 Å². The number of hydrogen-bond donors (Lipinski definition) is 1. The van der Waals surface area contributed by atoms with Gasteiger partial charge in [0.1, 0.15) is 5.82 Å². The molecule has 2 aromatic rings. The highest BCUT2D eigenvalue weighted by molar-refractivity contribution is 5.94. The van der Waals surface area contributed by atoms with Crippen molar-refractivity contribution in [1.29, 1.82) is 0 Å². The fourth-order valence-electron chi connectivity index (χ4n) is 3.40. The second-order valence-corrected chi connectivity index (χ2v) is 6.68. The first kappa shape index (κ1) is 19.4. The van der Waals surface area contributed by atoms with Gasteiger partial charge < -0.3 is 10.0 Å². The first-order valence-corrected chi connectivity index (χ1v) is 8.66. The number of amides is 1. The van der Waals surface area contributed by atoms with Gasteiger partial charge in [-0.25, -0.2) is 4.39 Å². The minimum Gasteiger partial charge on any atom is -0.388 e. The van der Waals surface area contributed by atoms with Crippen LogP contribution in [0.25, 0.3) is 0 Å². The highest BCUT2D eigenvalue weighted by atomic mass is 19.4. The van der Waals surface area contributed by atoms with E-state index >= 15 is 0 Å². The van der Waals surface area contributed by atoms with Crippen LogP contribution in [0.3, 0.4) is 0 Å². The van der Waals surface area contributed by atoms with Crippen molar-refractivity contribution in [1.82, 2.24) is 4.90 Å². The average molecular weight is 381 g/mol. The van der Waals surface area contributed by atoms with Crippen molar-refractivity contribution >= 4 is 5.91 Å². The maximum absolute atomic E-state index is 13.4. The molecule has 0 unspecified atom stereocenters. The summed E-state index contributed by atoms with van der Waals surface area (Å²) >= 11 is 0. The van der Waals surface area contributed by atoms with Crippen LogP contribution < -0.4 is 0 Å². The molecule has 144 valence electrons.